The van der Waals surface area contributed by atoms with Crippen LogP contribution in [-0.2, 0) is 17.0 Å². The normalized spacial score (nSPS) is 20.6. The number of hydrogen-bond donors (Lipinski definition) is 0. The van der Waals surface area contributed by atoms with Crippen LogP contribution in [0.25, 0.3) is 0 Å². The minimum atomic E-state index is -0.416. The van der Waals surface area contributed by atoms with Gasteiger partial charge in [-0.3, -0.25) is 0 Å². The fraction of sp³-hybridized carbons (Fsp3) is 0.824. The van der Waals surface area contributed by atoms with Crippen molar-refractivity contribution in [2.75, 3.05) is 13.1 Å². The Morgan fingerprint density at radius 1 is 1.40 bits per heavy atom. The summed E-state index contributed by atoms with van der Waals surface area (Å²) in [5, 5.41) is 8.45. The fourth-order valence-electron chi connectivity index (χ4n) is 4.05. The topological polar surface area (TPSA) is 60.2 Å². The number of nitrogens with zero attached hydrogens (tertiary/aromatic N) is 4. The van der Waals surface area contributed by atoms with Crippen molar-refractivity contribution in [1.29, 1.82) is 0 Å². The predicted molar refractivity (Wildman–Crippen MR) is 108 cm³/mol. The predicted octanol–water partition coefficient (Wildman–Crippen LogP) is 4.29. The molecule has 25 heavy (non-hydrogen) atoms. The molecule has 1 saturated heterocycles. The third-order valence-corrected chi connectivity index (χ3v) is 6.38. The molecule has 1 spiro atoms. The highest BCUT2D eigenvalue weighted by molar-refractivity contribution is 14.2. The molecule has 140 valence electrons. The van der Waals surface area contributed by atoms with E-state index in [0.717, 1.165) is 43.9 Å². The molecule has 0 atom stereocenters. The average Bonchev–Trinajstić information content (AvgIpc) is 2.92. The summed E-state index contributed by atoms with van der Waals surface area (Å²) in [5.41, 5.74) is 1.13. The van der Waals surface area contributed by atoms with Gasteiger partial charge in [0.05, 0.1) is 11.6 Å². The third-order valence-electron chi connectivity index (χ3n) is 5.18. The smallest absolute Gasteiger partial charge is 0.410 e. The molecule has 1 saturated carbocycles. The summed E-state index contributed by atoms with van der Waals surface area (Å²) in [5.74, 6) is 1.56. The van der Waals surface area contributed by atoms with E-state index in [0.29, 0.717) is 11.3 Å². The summed E-state index contributed by atoms with van der Waals surface area (Å²) in [6.45, 7) is 7.40. The molecule has 1 aromatic heterocycles. The number of halogens is 1. The van der Waals surface area contributed by atoms with E-state index in [4.69, 9.17) is 4.74 Å². The summed E-state index contributed by atoms with van der Waals surface area (Å²) < 4.78 is 7.39. The zero-order valence-corrected chi connectivity index (χ0v) is 18.2. The molecule has 0 radical (unpaired) electrons. The van der Waals surface area contributed by atoms with Gasteiger partial charge in [-0.1, -0.05) is 14.1 Å². The number of piperidine rings is 1. The highest BCUT2D eigenvalue weighted by Crippen LogP contribution is 2.53. The van der Waals surface area contributed by atoms with Crippen LogP contribution in [-0.4, -0.2) is 44.7 Å². The molecular weight excluding hydrogens is 451 g/mol. The summed E-state index contributed by atoms with van der Waals surface area (Å²) in [4.78, 5) is 14.0. The van der Waals surface area contributed by atoms with E-state index in [1.807, 2.05) is 30.4 Å². The van der Waals surface area contributed by atoms with E-state index in [2.05, 4.69) is 37.7 Å². The molecule has 0 bridgehead atoms. The molecule has 1 amide bonds. The van der Waals surface area contributed by atoms with Crippen LogP contribution >= 0.6 is 30.1 Å². The molecule has 3 rings (SSSR count). The second kappa shape index (κ2) is 7.62. The van der Waals surface area contributed by atoms with E-state index in [1.54, 1.807) is 8.93 Å². The maximum atomic E-state index is 12.2. The van der Waals surface area contributed by atoms with Crippen molar-refractivity contribution in [2.45, 2.75) is 64.4 Å². The second-order valence-electron chi connectivity index (χ2n) is 8.43. The quantitative estimate of drug-likeness (QED) is 0.605. The van der Waals surface area contributed by atoms with E-state index in [1.165, 1.54) is 12.8 Å². The SMILES string of the molecule is CC(C)(C)OC(=O)N1CCC2(CC1)CC(Cc1cn(CSI)nn1)C2. The van der Waals surface area contributed by atoms with Gasteiger partial charge in [-0.2, -0.15) is 0 Å². The minimum absolute atomic E-state index is 0.164. The number of hydrogen-bond acceptors (Lipinski definition) is 5. The first-order chi connectivity index (χ1) is 11.8. The first-order valence-electron chi connectivity index (χ1n) is 8.89. The van der Waals surface area contributed by atoms with Gasteiger partial charge in [0.15, 0.2) is 0 Å². The van der Waals surface area contributed by atoms with E-state index in [-0.39, 0.29) is 6.09 Å². The van der Waals surface area contributed by atoms with Gasteiger partial charge in [0.2, 0.25) is 0 Å². The number of ether oxygens (including phenoxy) is 1. The third kappa shape index (κ3) is 5.02. The van der Waals surface area contributed by atoms with Crippen LogP contribution in [0.5, 0.6) is 0 Å². The maximum Gasteiger partial charge on any atom is 0.410 e. The van der Waals surface area contributed by atoms with E-state index in [9.17, 15) is 4.79 Å². The lowest BCUT2D eigenvalue weighted by atomic mass is 9.56. The Morgan fingerprint density at radius 3 is 2.68 bits per heavy atom. The summed E-state index contributed by atoms with van der Waals surface area (Å²) >= 11 is 2.27. The van der Waals surface area contributed by atoms with Crippen molar-refractivity contribution in [3.8, 4) is 0 Å². The van der Waals surface area contributed by atoms with Crippen LogP contribution in [0.3, 0.4) is 0 Å². The Bertz CT molecular complexity index is 600. The Morgan fingerprint density at radius 2 is 2.08 bits per heavy atom. The van der Waals surface area contributed by atoms with Crippen LogP contribution in [0.2, 0.25) is 0 Å². The van der Waals surface area contributed by atoms with Crippen LogP contribution in [0.4, 0.5) is 4.79 Å². The highest BCUT2D eigenvalue weighted by atomic mass is 127. The van der Waals surface area contributed by atoms with Crippen LogP contribution < -0.4 is 0 Å². The molecular formula is C17H27IN4O2S. The van der Waals surface area contributed by atoms with Crippen molar-refractivity contribution in [3.05, 3.63) is 11.9 Å². The maximum absolute atomic E-state index is 12.2. The lowest BCUT2D eigenvalue weighted by Gasteiger charge is -2.52. The Balaban J connectivity index is 1.42. The van der Waals surface area contributed by atoms with Gasteiger partial charge < -0.3 is 9.64 Å². The minimum Gasteiger partial charge on any atom is -0.444 e. The molecule has 6 nitrogen and oxygen atoms in total. The molecule has 1 aliphatic carbocycles. The molecule has 0 aromatic carbocycles. The van der Waals surface area contributed by atoms with Crippen molar-refractivity contribution >= 4 is 36.2 Å². The standard InChI is InChI=1S/C17H27IN4O2S/c1-16(2,3)24-15(23)21-6-4-17(5-7-21)9-13(10-17)8-14-11-22(12-25-18)20-19-14/h11,13H,4-10,12H2,1-3H3. The first-order valence-corrected chi connectivity index (χ1v) is 12.4. The Kier molecular flexibility index (Phi) is 5.87. The lowest BCUT2D eigenvalue weighted by Crippen LogP contribution is -2.50. The van der Waals surface area contributed by atoms with Gasteiger partial charge in [-0.05, 0) is 85.4 Å². The van der Waals surface area contributed by atoms with Gasteiger partial charge in [-0.15, -0.1) is 5.10 Å². The Labute approximate surface area is 166 Å². The van der Waals surface area contributed by atoms with Gasteiger partial charge in [-0.25, -0.2) is 9.48 Å². The zero-order valence-electron chi connectivity index (χ0n) is 15.2. The lowest BCUT2D eigenvalue weighted by molar-refractivity contribution is -0.0271. The number of aromatic nitrogens is 3. The van der Waals surface area contributed by atoms with Crippen LogP contribution in [0, 0.1) is 11.3 Å². The van der Waals surface area contributed by atoms with Crippen LogP contribution in [0.1, 0.15) is 52.1 Å². The first kappa shape index (κ1) is 19.3. The highest BCUT2D eigenvalue weighted by Gasteiger charge is 2.46. The van der Waals surface area contributed by atoms with Crippen molar-refractivity contribution in [1.82, 2.24) is 19.9 Å². The van der Waals surface area contributed by atoms with Crippen molar-refractivity contribution in [2.24, 2.45) is 11.3 Å². The Hall–Kier alpha value is -0.510. The van der Waals surface area contributed by atoms with E-state index >= 15 is 0 Å². The molecule has 1 aromatic rings. The molecule has 0 N–H and O–H groups in total. The molecule has 8 heteroatoms. The largest absolute Gasteiger partial charge is 0.444 e. The summed E-state index contributed by atoms with van der Waals surface area (Å²) in [7, 11) is 1.72. The average molecular weight is 478 g/mol. The summed E-state index contributed by atoms with van der Waals surface area (Å²) in [6, 6.07) is 0. The van der Waals surface area contributed by atoms with Gasteiger partial charge in [0.1, 0.15) is 5.60 Å². The molecule has 2 fully saturated rings. The number of carbonyl (C=O) groups is 1. The molecule has 0 unspecified atom stereocenters. The molecule has 2 aliphatic rings. The monoisotopic (exact) mass is 478 g/mol. The molecule has 1 aliphatic heterocycles. The van der Waals surface area contributed by atoms with Crippen molar-refractivity contribution < 1.29 is 9.53 Å². The van der Waals surface area contributed by atoms with Gasteiger partial charge >= 0.3 is 6.09 Å². The number of amides is 1. The zero-order chi connectivity index (χ0) is 18.1. The number of likely N-dealkylation sites (tertiary alicyclic amines) is 1. The number of rotatable bonds is 4. The fourth-order valence-corrected chi connectivity index (χ4v) is 5.13. The van der Waals surface area contributed by atoms with Crippen molar-refractivity contribution in [3.63, 3.8) is 0 Å². The second-order valence-corrected chi connectivity index (χ2v) is 10.8. The number of carbonyl (C=O) groups excluding carboxylic acids is 1. The molecule has 2 heterocycles. The van der Waals surface area contributed by atoms with E-state index < -0.39 is 5.60 Å². The van der Waals surface area contributed by atoms with Crippen LogP contribution in [0.15, 0.2) is 6.20 Å². The van der Waals surface area contributed by atoms with Gasteiger partial charge in [0, 0.05) is 19.3 Å². The van der Waals surface area contributed by atoms with Gasteiger partial charge in [0.25, 0.3) is 0 Å². The summed E-state index contributed by atoms with van der Waals surface area (Å²) in [6.07, 6.45) is 7.64.